The van der Waals surface area contributed by atoms with Crippen molar-refractivity contribution in [3.8, 4) is 17.6 Å². The molecular formula is C16H19NO4. The van der Waals surface area contributed by atoms with Gasteiger partial charge in [0.1, 0.15) is 12.4 Å². The number of aliphatic hydroxyl groups is 1. The van der Waals surface area contributed by atoms with E-state index >= 15 is 0 Å². The Hall–Kier alpha value is -2.03. The summed E-state index contributed by atoms with van der Waals surface area (Å²) < 4.78 is 10.5. The van der Waals surface area contributed by atoms with Gasteiger partial charge in [-0.05, 0) is 31.0 Å². The predicted molar refractivity (Wildman–Crippen MR) is 78.3 cm³/mol. The molecule has 0 aliphatic carbocycles. The third-order valence-corrected chi connectivity index (χ3v) is 3.26. The van der Waals surface area contributed by atoms with Crippen molar-refractivity contribution in [3.05, 3.63) is 29.3 Å². The summed E-state index contributed by atoms with van der Waals surface area (Å²) in [6.45, 7) is 1.08. The highest BCUT2D eigenvalue weighted by molar-refractivity contribution is 5.95. The lowest BCUT2D eigenvalue weighted by Gasteiger charge is -2.23. The lowest BCUT2D eigenvalue weighted by atomic mass is 10.1. The van der Waals surface area contributed by atoms with Crippen molar-refractivity contribution in [1.29, 1.82) is 0 Å². The first-order valence-corrected chi connectivity index (χ1v) is 6.91. The highest BCUT2D eigenvalue weighted by Gasteiger charge is 2.17. The van der Waals surface area contributed by atoms with Gasteiger partial charge in [0.25, 0.3) is 5.91 Å². The third kappa shape index (κ3) is 4.22. The zero-order valence-electron chi connectivity index (χ0n) is 12.0. The van der Waals surface area contributed by atoms with Crippen LogP contribution in [0.3, 0.4) is 0 Å². The summed E-state index contributed by atoms with van der Waals surface area (Å²) in [7, 11) is 1.54. The maximum atomic E-state index is 12.2. The van der Waals surface area contributed by atoms with Crippen LogP contribution in [-0.4, -0.2) is 44.0 Å². The molecule has 1 aliphatic rings. The fourth-order valence-corrected chi connectivity index (χ4v) is 2.20. The van der Waals surface area contributed by atoms with Crippen LogP contribution in [0.15, 0.2) is 18.2 Å². The first-order chi connectivity index (χ1) is 10.2. The minimum atomic E-state index is -0.237. The first-order valence-electron chi connectivity index (χ1n) is 6.91. The number of aliphatic hydroxyl groups excluding tert-OH is 1. The predicted octanol–water partition coefficient (Wildman–Crippen LogP) is 0.948. The zero-order valence-corrected chi connectivity index (χ0v) is 12.0. The maximum absolute atomic E-state index is 12.2. The van der Waals surface area contributed by atoms with E-state index in [4.69, 9.17) is 14.6 Å². The number of hydrogen-bond donors (Lipinski definition) is 2. The van der Waals surface area contributed by atoms with Gasteiger partial charge in [-0.25, -0.2) is 0 Å². The molecule has 1 fully saturated rings. The molecule has 2 N–H and O–H groups in total. The normalized spacial score (nSPS) is 17.5. The van der Waals surface area contributed by atoms with E-state index < -0.39 is 0 Å². The fraction of sp³-hybridized carbons (Fsp3) is 0.438. The summed E-state index contributed by atoms with van der Waals surface area (Å²) >= 11 is 0. The van der Waals surface area contributed by atoms with E-state index in [0.29, 0.717) is 23.5 Å². The lowest BCUT2D eigenvalue weighted by Crippen LogP contribution is -2.40. The van der Waals surface area contributed by atoms with E-state index in [2.05, 4.69) is 17.2 Å². The number of ether oxygens (including phenoxy) is 2. The standard InChI is InChI=1S/C16H19NO4/c1-20-15-7-6-13(10-12(15)4-2-8-18)16(19)17-14-5-3-9-21-11-14/h6-7,10,14,18H,3,5,8-9,11H2,1H3,(H,17,19). The van der Waals surface area contributed by atoms with E-state index in [1.54, 1.807) is 25.3 Å². The smallest absolute Gasteiger partial charge is 0.251 e. The molecule has 5 nitrogen and oxygen atoms in total. The Morgan fingerprint density at radius 3 is 3.10 bits per heavy atom. The molecular weight excluding hydrogens is 270 g/mol. The van der Waals surface area contributed by atoms with Gasteiger partial charge in [-0.2, -0.15) is 0 Å². The number of rotatable bonds is 3. The minimum Gasteiger partial charge on any atom is -0.495 e. The van der Waals surface area contributed by atoms with Crippen LogP contribution >= 0.6 is 0 Å². The topological polar surface area (TPSA) is 67.8 Å². The number of methoxy groups -OCH3 is 1. The molecule has 0 bridgehead atoms. The quantitative estimate of drug-likeness (QED) is 0.813. The Kier molecular flexibility index (Phi) is 5.61. The van der Waals surface area contributed by atoms with Gasteiger partial charge in [-0.3, -0.25) is 4.79 Å². The van der Waals surface area contributed by atoms with Gasteiger partial charge in [0.2, 0.25) is 0 Å². The maximum Gasteiger partial charge on any atom is 0.251 e. The average molecular weight is 289 g/mol. The van der Waals surface area contributed by atoms with Crippen LogP contribution in [0.5, 0.6) is 5.75 Å². The summed E-state index contributed by atoms with van der Waals surface area (Å²) in [6, 6.07) is 5.12. The van der Waals surface area contributed by atoms with Crippen molar-refractivity contribution in [2.75, 3.05) is 26.9 Å². The number of hydrogen-bond acceptors (Lipinski definition) is 4. The summed E-state index contributed by atoms with van der Waals surface area (Å²) in [5.41, 5.74) is 1.10. The molecule has 21 heavy (non-hydrogen) atoms. The second-order valence-corrected chi connectivity index (χ2v) is 4.76. The van der Waals surface area contributed by atoms with Crippen LogP contribution in [0, 0.1) is 11.8 Å². The Morgan fingerprint density at radius 1 is 1.57 bits per heavy atom. The zero-order chi connectivity index (χ0) is 15.1. The van der Waals surface area contributed by atoms with Gasteiger partial charge in [-0.1, -0.05) is 11.8 Å². The molecule has 1 aliphatic heterocycles. The van der Waals surface area contributed by atoms with Crippen molar-refractivity contribution >= 4 is 5.91 Å². The van der Waals surface area contributed by atoms with E-state index in [0.717, 1.165) is 19.4 Å². The Bertz CT molecular complexity index is 553. The van der Waals surface area contributed by atoms with Gasteiger partial charge < -0.3 is 19.9 Å². The summed E-state index contributed by atoms with van der Waals surface area (Å²) in [6.07, 6.45) is 1.89. The molecule has 1 heterocycles. The monoisotopic (exact) mass is 289 g/mol. The number of carbonyl (C=O) groups is 1. The molecule has 2 rings (SSSR count). The lowest BCUT2D eigenvalue weighted by molar-refractivity contribution is 0.0624. The number of nitrogens with one attached hydrogen (secondary N) is 1. The molecule has 0 saturated carbocycles. The SMILES string of the molecule is COc1ccc(C(=O)NC2CCCOC2)cc1C#CCO. The van der Waals surface area contributed by atoms with Crippen LogP contribution in [0.2, 0.25) is 0 Å². The Morgan fingerprint density at radius 2 is 2.43 bits per heavy atom. The van der Waals surface area contributed by atoms with E-state index in [-0.39, 0.29) is 18.6 Å². The number of benzene rings is 1. The van der Waals surface area contributed by atoms with Crippen LogP contribution in [-0.2, 0) is 4.74 Å². The summed E-state index contributed by atoms with van der Waals surface area (Å²) in [5, 5.41) is 11.7. The van der Waals surface area contributed by atoms with Gasteiger partial charge in [0.05, 0.1) is 25.3 Å². The van der Waals surface area contributed by atoms with Crippen LogP contribution < -0.4 is 10.1 Å². The largest absolute Gasteiger partial charge is 0.495 e. The molecule has 1 aromatic rings. The van der Waals surface area contributed by atoms with Crippen LogP contribution in [0.4, 0.5) is 0 Å². The van der Waals surface area contributed by atoms with E-state index in [1.807, 2.05) is 0 Å². The van der Waals surface area contributed by atoms with Crippen LogP contribution in [0.25, 0.3) is 0 Å². The van der Waals surface area contributed by atoms with Crippen molar-refractivity contribution in [2.45, 2.75) is 18.9 Å². The van der Waals surface area contributed by atoms with Crippen molar-refractivity contribution < 1.29 is 19.4 Å². The van der Waals surface area contributed by atoms with Crippen molar-refractivity contribution in [1.82, 2.24) is 5.32 Å². The van der Waals surface area contributed by atoms with E-state index in [1.165, 1.54) is 0 Å². The van der Waals surface area contributed by atoms with Gasteiger partial charge in [-0.15, -0.1) is 0 Å². The van der Waals surface area contributed by atoms with Gasteiger partial charge in [0, 0.05) is 12.2 Å². The Balaban J connectivity index is 2.13. The molecule has 1 unspecified atom stereocenters. The highest BCUT2D eigenvalue weighted by atomic mass is 16.5. The molecule has 1 atom stereocenters. The first kappa shape index (κ1) is 15.4. The molecule has 5 heteroatoms. The summed E-state index contributed by atoms with van der Waals surface area (Å²) in [5.74, 6) is 5.77. The molecule has 0 radical (unpaired) electrons. The molecule has 1 aromatic carbocycles. The van der Waals surface area contributed by atoms with E-state index in [9.17, 15) is 4.79 Å². The number of amides is 1. The second kappa shape index (κ2) is 7.67. The molecule has 0 aromatic heterocycles. The van der Waals surface area contributed by atoms with Crippen molar-refractivity contribution in [2.24, 2.45) is 0 Å². The molecule has 1 amide bonds. The molecule has 0 spiro atoms. The number of carbonyl (C=O) groups excluding carboxylic acids is 1. The third-order valence-electron chi connectivity index (χ3n) is 3.26. The Labute approximate surface area is 124 Å². The van der Waals surface area contributed by atoms with Gasteiger partial charge in [0.15, 0.2) is 0 Å². The average Bonchev–Trinajstić information content (AvgIpc) is 2.53. The fourth-order valence-electron chi connectivity index (χ4n) is 2.20. The summed E-state index contributed by atoms with van der Waals surface area (Å²) in [4.78, 5) is 12.2. The minimum absolute atomic E-state index is 0.0559. The van der Waals surface area contributed by atoms with Crippen molar-refractivity contribution in [3.63, 3.8) is 0 Å². The highest BCUT2D eigenvalue weighted by Crippen LogP contribution is 2.19. The van der Waals surface area contributed by atoms with Crippen LogP contribution in [0.1, 0.15) is 28.8 Å². The second-order valence-electron chi connectivity index (χ2n) is 4.76. The molecule has 112 valence electrons. The molecule has 1 saturated heterocycles. The van der Waals surface area contributed by atoms with Gasteiger partial charge >= 0.3 is 0 Å².